The summed E-state index contributed by atoms with van der Waals surface area (Å²) in [7, 11) is 0. The lowest BCUT2D eigenvalue weighted by Crippen LogP contribution is -2.52. The Labute approximate surface area is 227 Å². The second-order valence-corrected chi connectivity index (χ2v) is 9.51. The summed E-state index contributed by atoms with van der Waals surface area (Å²) in [5.41, 5.74) is 2.64. The zero-order valence-corrected chi connectivity index (χ0v) is 21.8. The van der Waals surface area contributed by atoms with Crippen LogP contribution in [-0.2, 0) is 4.79 Å². The summed E-state index contributed by atoms with van der Waals surface area (Å²) in [6.45, 7) is 3.89. The van der Waals surface area contributed by atoms with Crippen molar-refractivity contribution in [2.75, 3.05) is 37.6 Å². The molecule has 1 atom stereocenters. The fourth-order valence-corrected chi connectivity index (χ4v) is 4.77. The molecule has 1 saturated heterocycles. The predicted molar refractivity (Wildman–Crippen MR) is 149 cm³/mol. The molecule has 1 aliphatic rings. The minimum Gasteiger partial charge on any atom is -0.352 e. The largest absolute Gasteiger partial charge is 0.352 e. The maximum absolute atomic E-state index is 14.5. The lowest BCUT2D eigenvalue weighted by Gasteiger charge is -2.37. The summed E-state index contributed by atoms with van der Waals surface area (Å²) in [6.07, 6.45) is 0. The van der Waals surface area contributed by atoms with Gasteiger partial charge in [-0.1, -0.05) is 72.8 Å². The summed E-state index contributed by atoms with van der Waals surface area (Å²) in [6, 6.07) is 28.7. The van der Waals surface area contributed by atoms with Crippen LogP contribution in [-0.4, -0.2) is 64.5 Å². The monoisotopic (exact) mass is 523 g/mol. The van der Waals surface area contributed by atoms with Gasteiger partial charge in [0.05, 0.1) is 17.3 Å². The average molecular weight is 524 g/mol. The molecule has 4 aromatic rings. The number of hydrogen-bond donors (Lipinski definition) is 0. The highest BCUT2D eigenvalue weighted by Crippen LogP contribution is 2.24. The molecule has 198 valence electrons. The van der Waals surface area contributed by atoms with Gasteiger partial charge in [-0.2, -0.15) is 0 Å². The maximum atomic E-state index is 14.5. The first kappa shape index (κ1) is 26.0. The van der Waals surface area contributed by atoms with Crippen molar-refractivity contribution in [3.8, 4) is 11.3 Å². The van der Waals surface area contributed by atoms with Crippen LogP contribution in [0.15, 0.2) is 97.1 Å². The Hall–Kier alpha value is -4.59. The predicted octanol–water partition coefficient (Wildman–Crippen LogP) is 4.83. The van der Waals surface area contributed by atoms with Gasteiger partial charge < -0.3 is 14.7 Å². The second kappa shape index (κ2) is 11.9. The van der Waals surface area contributed by atoms with Crippen molar-refractivity contribution in [3.63, 3.8) is 0 Å². The third-order valence-electron chi connectivity index (χ3n) is 7.10. The van der Waals surface area contributed by atoms with Crippen molar-refractivity contribution in [2.45, 2.75) is 13.0 Å². The van der Waals surface area contributed by atoms with E-state index in [4.69, 9.17) is 0 Å². The van der Waals surface area contributed by atoms with Crippen LogP contribution < -0.4 is 4.90 Å². The Balaban J connectivity index is 1.26. The number of benzene rings is 3. The molecule has 1 aromatic heterocycles. The molecule has 2 amide bonds. The molecule has 0 radical (unpaired) electrons. The molecule has 39 heavy (non-hydrogen) atoms. The molecule has 0 aliphatic carbocycles. The van der Waals surface area contributed by atoms with Crippen LogP contribution in [0.4, 0.5) is 10.2 Å². The molecule has 2 heterocycles. The molecular weight excluding hydrogens is 493 g/mol. The Bertz CT molecular complexity index is 1410. The first-order chi connectivity index (χ1) is 19.0. The van der Waals surface area contributed by atoms with E-state index in [1.165, 1.54) is 17.0 Å². The molecule has 0 saturated carbocycles. The van der Waals surface area contributed by atoms with Crippen LogP contribution in [0, 0.1) is 5.82 Å². The van der Waals surface area contributed by atoms with Crippen molar-refractivity contribution in [1.29, 1.82) is 0 Å². The van der Waals surface area contributed by atoms with Gasteiger partial charge in [0.25, 0.3) is 5.91 Å². The van der Waals surface area contributed by atoms with E-state index in [1.807, 2.05) is 79.7 Å². The fourth-order valence-electron chi connectivity index (χ4n) is 4.77. The normalized spacial score (nSPS) is 14.1. The number of nitrogens with zero attached hydrogens (tertiary/aromatic N) is 5. The summed E-state index contributed by atoms with van der Waals surface area (Å²) in [4.78, 5) is 32.2. The summed E-state index contributed by atoms with van der Waals surface area (Å²) >= 11 is 0. The standard InChI is InChI=1S/C31H30FN5O2/c1-23(24-10-4-2-5-11-24)37(31(39)26-14-8-9-15-27(26)32)22-30(38)36-20-18-35(19-21-36)29-17-16-28(33-34-29)25-12-6-3-7-13-25/h2-17,23H,18-22H2,1H3/t23-/m1/s1. The summed E-state index contributed by atoms with van der Waals surface area (Å²) in [5, 5.41) is 8.78. The van der Waals surface area contributed by atoms with Gasteiger partial charge in [-0.25, -0.2) is 4.39 Å². The Morgan fingerprint density at radius 2 is 1.46 bits per heavy atom. The molecule has 7 nitrogen and oxygen atoms in total. The Kier molecular flexibility index (Phi) is 7.91. The molecule has 0 bridgehead atoms. The lowest BCUT2D eigenvalue weighted by molar-refractivity contribution is -0.132. The van der Waals surface area contributed by atoms with Crippen molar-refractivity contribution in [3.05, 3.63) is 114 Å². The van der Waals surface area contributed by atoms with Crippen LogP contribution in [0.1, 0.15) is 28.9 Å². The smallest absolute Gasteiger partial charge is 0.257 e. The molecule has 0 unspecified atom stereocenters. The topological polar surface area (TPSA) is 69.6 Å². The Morgan fingerprint density at radius 3 is 2.10 bits per heavy atom. The van der Waals surface area contributed by atoms with E-state index in [-0.39, 0.29) is 18.0 Å². The lowest BCUT2D eigenvalue weighted by atomic mass is 10.0. The van der Waals surface area contributed by atoms with E-state index < -0.39 is 17.8 Å². The fraction of sp³-hybridized carbons (Fsp3) is 0.226. The molecule has 8 heteroatoms. The zero-order valence-electron chi connectivity index (χ0n) is 21.8. The third kappa shape index (κ3) is 5.95. The van der Waals surface area contributed by atoms with Crippen LogP contribution in [0.25, 0.3) is 11.3 Å². The van der Waals surface area contributed by atoms with Gasteiger partial charge in [0.2, 0.25) is 5.91 Å². The third-order valence-corrected chi connectivity index (χ3v) is 7.10. The van der Waals surface area contributed by atoms with E-state index in [0.717, 1.165) is 22.6 Å². The molecule has 3 aromatic carbocycles. The zero-order chi connectivity index (χ0) is 27.2. The van der Waals surface area contributed by atoms with Crippen molar-refractivity contribution in [2.24, 2.45) is 0 Å². The van der Waals surface area contributed by atoms with E-state index in [2.05, 4.69) is 15.1 Å². The van der Waals surface area contributed by atoms with Gasteiger partial charge >= 0.3 is 0 Å². The SMILES string of the molecule is C[C@H](c1ccccc1)N(CC(=O)N1CCN(c2ccc(-c3ccccc3)nn2)CC1)C(=O)c1ccccc1F. The highest BCUT2D eigenvalue weighted by atomic mass is 19.1. The van der Waals surface area contributed by atoms with E-state index in [9.17, 15) is 14.0 Å². The molecular formula is C31H30FN5O2. The number of carbonyl (C=O) groups excluding carboxylic acids is 2. The number of hydrogen-bond acceptors (Lipinski definition) is 5. The summed E-state index contributed by atoms with van der Waals surface area (Å²) < 4.78 is 14.5. The van der Waals surface area contributed by atoms with Gasteiger partial charge in [-0.15, -0.1) is 10.2 Å². The van der Waals surface area contributed by atoms with Gasteiger partial charge in [0, 0.05) is 31.7 Å². The maximum Gasteiger partial charge on any atom is 0.257 e. The number of carbonyl (C=O) groups is 2. The van der Waals surface area contributed by atoms with Crippen LogP contribution in [0.2, 0.25) is 0 Å². The average Bonchev–Trinajstić information content (AvgIpc) is 3.00. The Morgan fingerprint density at radius 1 is 0.821 bits per heavy atom. The van der Waals surface area contributed by atoms with E-state index in [1.54, 1.807) is 17.0 Å². The van der Waals surface area contributed by atoms with Gasteiger partial charge in [-0.05, 0) is 36.8 Å². The summed E-state index contributed by atoms with van der Waals surface area (Å²) in [5.74, 6) is -0.526. The van der Waals surface area contributed by atoms with Crippen LogP contribution in [0.3, 0.4) is 0 Å². The highest BCUT2D eigenvalue weighted by molar-refractivity contribution is 5.97. The highest BCUT2D eigenvalue weighted by Gasteiger charge is 2.30. The van der Waals surface area contributed by atoms with Crippen LogP contribution in [0.5, 0.6) is 0 Å². The van der Waals surface area contributed by atoms with Gasteiger partial charge in [-0.3, -0.25) is 9.59 Å². The molecule has 0 N–H and O–H groups in total. The van der Waals surface area contributed by atoms with Crippen molar-refractivity contribution in [1.82, 2.24) is 20.0 Å². The molecule has 5 rings (SSSR count). The second-order valence-electron chi connectivity index (χ2n) is 9.51. The molecule has 1 fully saturated rings. The quantitative estimate of drug-likeness (QED) is 0.347. The number of anilines is 1. The minimum atomic E-state index is -0.604. The van der Waals surface area contributed by atoms with E-state index >= 15 is 0 Å². The van der Waals surface area contributed by atoms with Gasteiger partial charge in [0.15, 0.2) is 5.82 Å². The number of halogens is 1. The first-order valence-electron chi connectivity index (χ1n) is 13.0. The van der Waals surface area contributed by atoms with Crippen molar-refractivity contribution >= 4 is 17.6 Å². The van der Waals surface area contributed by atoms with Crippen LogP contribution >= 0.6 is 0 Å². The number of piperazine rings is 1. The van der Waals surface area contributed by atoms with Gasteiger partial charge in [0.1, 0.15) is 12.4 Å². The number of amides is 2. The molecule has 1 aliphatic heterocycles. The molecule has 0 spiro atoms. The number of aromatic nitrogens is 2. The number of rotatable bonds is 7. The van der Waals surface area contributed by atoms with E-state index in [0.29, 0.717) is 26.2 Å². The minimum absolute atomic E-state index is 0.0459. The van der Waals surface area contributed by atoms with Crippen molar-refractivity contribution < 1.29 is 14.0 Å². The first-order valence-corrected chi connectivity index (χ1v) is 13.0.